The zero-order chi connectivity index (χ0) is 87.6. The molecule has 12 heteroatoms. The van der Waals surface area contributed by atoms with E-state index in [9.17, 15) is 0 Å². The molecule has 0 aliphatic heterocycles. The molecule has 2 unspecified atom stereocenters. The van der Waals surface area contributed by atoms with Crippen molar-refractivity contribution in [3.63, 3.8) is 0 Å². The van der Waals surface area contributed by atoms with Crippen LogP contribution in [0.4, 0.5) is 0 Å². The number of rotatable bonds is 12. The number of aromatic nitrogens is 8. The van der Waals surface area contributed by atoms with E-state index < -0.39 is 44.6 Å². The zero-order valence-corrected chi connectivity index (χ0v) is 65.6. The van der Waals surface area contributed by atoms with E-state index in [1.807, 2.05) is 120 Å². The highest BCUT2D eigenvalue weighted by Crippen LogP contribution is 2.43. The van der Waals surface area contributed by atoms with E-state index in [1.54, 1.807) is 49.3 Å². The molecule has 4 aromatic carbocycles. The lowest BCUT2D eigenvalue weighted by Crippen LogP contribution is -2.32. The number of pyridine rings is 8. The van der Waals surface area contributed by atoms with Gasteiger partial charge in [-0.05, 0) is 191 Å². The third-order valence-corrected chi connectivity index (χ3v) is 20.7. The zero-order valence-electron chi connectivity index (χ0n) is 78.6. The van der Waals surface area contributed by atoms with Gasteiger partial charge in [0, 0.05) is 131 Å². The van der Waals surface area contributed by atoms with Crippen molar-refractivity contribution >= 4 is 88.3 Å². The second kappa shape index (κ2) is 30.3. The van der Waals surface area contributed by atoms with E-state index in [2.05, 4.69) is 139 Å². The molecular weight excluding hydrogens is 1320 g/mol. The summed E-state index contributed by atoms with van der Waals surface area (Å²) in [7, 11) is 7.74. The molecule has 107 heavy (non-hydrogen) atoms. The highest BCUT2D eigenvalue weighted by Gasteiger charge is 2.29. The van der Waals surface area contributed by atoms with E-state index in [0.29, 0.717) is 56.8 Å². The van der Waals surface area contributed by atoms with Crippen LogP contribution in [-0.2, 0) is 53.7 Å². The monoisotopic (exact) mass is 1440 g/mol. The smallest absolute Gasteiger partial charge is 0.227 e. The van der Waals surface area contributed by atoms with Gasteiger partial charge >= 0.3 is 0 Å². The molecule has 12 aromatic heterocycles. The minimum absolute atomic E-state index is 0.132. The Morgan fingerprint density at radius 3 is 1.06 bits per heavy atom. The Morgan fingerprint density at radius 1 is 0.374 bits per heavy atom. The average molecular weight is 1440 g/mol. The second-order valence-corrected chi connectivity index (χ2v) is 29.0. The quantitative estimate of drug-likeness (QED) is 0.111. The summed E-state index contributed by atoms with van der Waals surface area (Å²) in [5, 5.41) is 7.86. The maximum atomic E-state index is 8.61. The molecule has 0 aliphatic carbocycles. The topological polar surface area (TPSA) is 120 Å². The Hall–Kier alpha value is -10.7. The number of furan rings is 4. The first-order valence-electron chi connectivity index (χ1n) is 43.4. The van der Waals surface area contributed by atoms with Crippen LogP contribution >= 0.6 is 0 Å². The summed E-state index contributed by atoms with van der Waals surface area (Å²) in [5.41, 5.74) is 25.1. The van der Waals surface area contributed by atoms with Crippen LogP contribution in [0, 0.1) is 48.5 Å². The molecule has 16 aromatic rings. The van der Waals surface area contributed by atoms with Gasteiger partial charge in [0.05, 0.1) is 22.3 Å². The number of benzene rings is 4. The number of aryl methyl sites for hydroxylation is 15. The Labute approximate surface area is 649 Å². The van der Waals surface area contributed by atoms with Crippen LogP contribution in [0.3, 0.4) is 0 Å². The van der Waals surface area contributed by atoms with Crippen molar-refractivity contribution in [3.8, 4) is 45.0 Å². The van der Waals surface area contributed by atoms with Crippen molar-refractivity contribution in [2.75, 3.05) is 0 Å². The van der Waals surface area contributed by atoms with Crippen LogP contribution in [0.5, 0.6) is 0 Å². The number of hydrogen-bond acceptors (Lipinski definition) is 8. The van der Waals surface area contributed by atoms with Crippen molar-refractivity contribution in [3.05, 3.63) is 236 Å². The fourth-order valence-corrected chi connectivity index (χ4v) is 15.0. The highest BCUT2D eigenvalue weighted by molar-refractivity contribution is 6.12. The van der Waals surface area contributed by atoms with Crippen LogP contribution < -0.4 is 18.3 Å². The largest absolute Gasteiger partial charge is 0.437 e. The number of fused-ring (bicyclic) bond motifs is 12. The van der Waals surface area contributed by atoms with E-state index in [1.165, 1.54) is 50.1 Å². The molecule has 0 radical (unpaired) electrons. The van der Waals surface area contributed by atoms with Crippen LogP contribution in [0.1, 0.15) is 208 Å². The van der Waals surface area contributed by atoms with Crippen molar-refractivity contribution in [2.24, 2.45) is 28.2 Å². The molecule has 2 atom stereocenters. The van der Waals surface area contributed by atoms with Crippen molar-refractivity contribution < 1.29 is 53.8 Å². The molecule has 0 aliphatic rings. The van der Waals surface area contributed by atoms with Crippen molar-refractivity contribution in [1.29, 1.82) is 0 Å². The molecule has 0 saturated heterocycles. The van der Waals surface area contributed by atoms with E-state index in [-0.39, 0.29) is 17.0 Å². The Morgan fingerprint density at radius 2 is 0.701 bits per heavy atom. The van der Waals surface area contributed by atoms with Gasteiger partial charge in [-0.2, -0.15) is 0 Å². The van der Waals surface area contributed by atoms with Gasteiger partial charge in [0.2, 0.25) is 45.6 Å². The lowest BCUT2D eigenvalue weighted by atomic mass is 9.93. The van der Waals surface area contributed by atoms with Crippen LogP contribution in [0.2, 0.25) is 0 Å². The van der Waals surface area contributed by atoms with Gasteiger partial charge in [-0.3, -0.25) is 0 Å². The average Bonchev–Trinajstić information content (AvgIpc) is 1.13. The molecule has 12 heterocycles. The molecule has 0 bridgehead atoms. The predicted molar refractivity (Wildman–Crippen MR) is 440 cm³/mol. The summed E-state index contributed by atoms with van der Waals surface area (Å²) in [6.45, 7) is 28.0. The molecule has 0 saturated carbocycles. The maximum absolute atomic E-state index is 8.61. The van der Waals surface area contributed by atoms with Gasteiger partial charge in [0.1, 0.15) is 28.2 Å². The molecule has 0 fully saturated rings. The van der Waals surface area contributed by atoms with Gasteiger partial charge in [-0.25, -0.2) is 38.2 Å². The van der Waals surface area contributed by atoms with Crippen LogP contribution in [0.15, 0.2) is 170 Å². The summed E-state index contributed by atoms with van der Waals surface area (Å²) in [6, 6.07) is 40.2. The minimum Gasteiger partial charge on any atom is -0.437 e. The SMILES string of the molecule is CCc1c[n+](C)c(-c2c(C)ccc3c2oc2ncccc23)cc1C(C)C.[2H]C([2H])(C)c1cc(-c2c(C)ccc3c2oc2nc(C)ccc23)[n+](C)cc1C(C)C.[2H]C([2H])(C)c1cc(-c2c(C)ccc3c2oc2nc(C)ccc23)[n+](C)cc1C([2H])(C)C([2H])([2H])[2H].[2H]C([2H])C([2H])(C)c1c[n+](C)c(-c2c(C)ccc3c2oc2nc(C)ccc23)cc1C([2H])([2H])C. The van der Waals surface area contributed by atoms with Crippen molar-refractivity contribution in [2.45, 2.75) is 181 Å². The van der Waals surface area contributed by atoms with Gasteiger partial charge in [0.15, 0.2) is 47.1 Å². The van der Waals surface area contributed by atoms with E-state index >= 15 is 0 Å². The van der Waals surface area contributed by atoms with Gasteiger partial charge in [-0.1, -0.05) is 131 Å². The molecule has 12 nitrogen and oxygen atoms in total. The molecule has 0 amide bonds. The third kappa shape index (κ3) is 14.0. The molecule has 0 spiro atoms. The molecule has 0 N–H and O–H groups in total. The lowest BCUT2D eigenvalue weighted by Gasteiger charge is -2.13. The van der Waals surface area contributed by atoms with Gasteiger partial charge in [-0.15, -0.1) is 0 Å². The standard InChI is InChI=1S/3C24H27N2O.C23H25N2O/c3*1-7-17-12-21(26(6)13-20(17)14(2)3)22-15(4)8-10-18-19-11-9-16(5)25-24(19)27-23(18)22;1-6-16-13-25(5)20(12-19(16)14(2)3)21-15(4)9-10-17-18-8-7-11-24-23(18)26-22(17)21/h3*8-14H,7H2,1-6H3;7-14H,6H2,1-5H3/q4*+1/i2D3,7D2,14D;2D2,7D2,14D;7D2;. The number of nitrogens with zero attached hydrogens (tertiary/aromatic N) is 8. The summed E-state index contributed by atoms with van der Waals surface area (Å²) in [5.74, 6) is -2.85. The second-order valence-electron chi connectivity index (χ2n) is 29.0. The molecule has 16 rings (SSSR count). The van der Waals surface area contributed by atoms with Crippen molar-refractivity contribution in [1.82, 2.24) is 19.9 Å². The van der Waals surface area contributed by atoms with Crippen LogP contribution in [-0.4, -0.2) is 19.9 Å². The Kier molecular flexibility index (Phi) is 16.8. The van der Waals surface area contributed by atoms with Crippen LogP contribution in [0.25, 0.3) is 133 Å². The fraction of sp³-hybridized carbons (Fsp3) is 0.326. The summed E-state index contributed by atoms with van der Waals surface area (Å²) < 4.78 is 140. The van der Waals surface area contributed by atoms with E-state index in [0.717, 1.165) is 139 Å². The first-order valence-corrected chi connectivity index (χ1v) is 36.7. The highest BCUT2D eigenvalue weighted by atomic mass is 16.4. The maximum Gasteiger partial charge on any atom is 0.227 e. The molecular formula is C95H106N8O4+4. The summed E-state index contributed by atoms with van der Waals surface area (Å²) in [6.07, 6.45) is 5.33. The first kappa shape index (κ1) is 59.4. The van der Waals surface area contributed by atoms with E-state index in [4.69, 9.17) is 35.5 Å². The summed E-state index contributed by atoms with van der Waals surface area (Å²) in [4.78, 5) is 18.0. The first-order chi connectivity index (χ1) is 56.0. The van der Waals surface area contributed by atoms with Gasteiger partial charge < -0.3 is 17.7 Å². The predicted octanol–water partition coefficient (Wildman–Crippen LogP) is 22.8. The normalized spacial score (nSPS) is 15.2. The third-order valence-electron chi connectivity index (χ3n) is 20.7. The molecule has 546 valence electrons. The fourth-order valence-electron chi connectivity index (χ4n) is 15.0. The Balaban J connectivity index is 0.000000139. The minimum atomic E-state index is -2.63. The lowest BCUT2D eigenvalue weighted by molar-refractivity contribution is -0.661. The Bertz CT molecular complexity index is 6730. The summed E-state index contributed by atoms with van der Waals surface area (Å²) >= 11 is 0. The van der Waals surface area contributed by atoms with Gasteiger partial charge in [0.25, 0.3) is 0 Å². The number of hydrogen-bond donors (Lipinski definition) is 0.